The predicted molar refractivity (Wildman–Crippen MR) is 74.5 cm³/mol. The Labute approximate surface area is 117 Å². The van der Waals surface area contributed by atoms with Gasteiger partial charge in [-0.3, -0.25) is 0 Å². The third-order valence-electron chi connectivity index (χ3n) is 2.79. The summed E-state index contributed by atoms with van der Waals surface area (Å²) < 4.78 is 13.4. The molecule has 0 fully saturated rings. The molecule has 2 amide bonds. The Kier molecular flexibility index (Phi) is 6.49. The van der Waals surface area contributed by atoms with E-state index in [1.54, 1.807) is 0 Å². The fourth-order valence-corrected chi connectivity index (χ4v) is 1.77. The van der Waals surface area contributed by atoms with Crippen molar-refractivity contribution in [2.24, 2.45) is 0 Å². The summed E-state index contributed by atoms with van der Waals surface area (Å²) in [5.41, 5.74) is -0.586. The molecule has 0 saturated heterocycles. The first-order valence-electron chi connectivity index (χ1n) is 6.63. The molecule has 5 nitrogen and oxygen atoms in total. The van der Waals surface area contributed by atoms with Gasteiger partial charge in [-0.1, -0.05) is 32.3 Å². The summed E-state index contributed by atoms with van der Waals surface area (Å²) in [6.07, 6.45) is 4.10. The van der Waals surface area contributed by atoms with Gasteiger partial charge in [0.05, 0.1) is 5.69 Å². The van der Waals surface area contributed by atoms with Gasteiger partial charge < -0.3 is 15.7 Å². The van der Waals surface area contributed by atoms with E-state index in [4.69, 9.17) is 5.11 Å². The number of nitrogens with one attached hydrogen (secondary N) is 2. The van der Waals surface area contributed by atoms with Crippen molar-refractivity contribution in [2.75, 3.05) is 11.9 Å². The molecule has 20 heavy (non-hydrogen) atoms. The number of carboxylic acid groups (broad SMARTS) is 1. The average Bonchev–Trinajstić information content (AvgIpc) is 2.38. The van der Waals surface area contributed by atoms with Crippen LogP contribution in [0.15, 0.2) is 18.2 Å². The van der Waals surface area contributed by atoms with Crippen molar-refractivity contribution in [2.45, 2.75) is 32.6 Å². The van der Waals surface area contributed by atoms with E-state index in [1.807, 2.05) is 0 Å². The van der Waals surface area contributed by atoms with Crippen LogP contribution < -0.4 is 10.6 Å². The quantitative estimate of drug-likeness (QED) is 0.672. The van der Waals surface area contributed by atoms with E-state index in [0.717, 1.165) is 31.7 Å². The lowest BCUT2D eigenvalue weighted by molar-refractivity contribution is 0.0693. The first-order valence-corrected chi connectivity index (χ1v) is 6.63. The Morgan fingerprint density at radius 3 is 2.65 bits per heavy atom. The minimum absolute atomic E-state index is 0.0523. The minimum Gasteiger partial charge on any atom is -0.478 e. The highest BCUT2D eigenvalue weighted by Gasteiger charge is 2.16. The van der Waals surface area contributed by atoms with Crippen LogP contribution in [0.25, 0.3) is 0 Å². The molecule has 1 aromatic rings. The van der Waals surface area contributed by atoms with Crippen molar-refractivity contribution < 1.29 is 19.1 Å². The average molecular weight is 282 g/mol. The Bertz CT molecular complexity index is 477. The molecule has 0 aliphatic heterocycles. The van der Waals surface area contributed by atoms with Crippen LogP contribution in [0.1, 0.15) is 43.0 Å². The summed E-state index contributed by atoms with van der Waals surface area (Å²) in [6, 6.07) is 3.20. The zero-order chi connectivity index (χ0) is 15.0. The molecule has 0 aromatic heterocycles. The van der Waals surface area contributed by atoms with E-state index in [-0.39, 0.29) is 5.69 Å². The second kappa shape index (κ2) is 8.14. The molecule has 0 heterocycles. The lowest BCUT2D eigenvalue weighted by Crippen LogP contribution is -2.30. The van der Waals surface area contributed by atoms with Gasteiger partial charge in [0.25, 0.3) is 0 Å². The monoisotopic (exact) mass is 282 g/mol. The van der Waals surface area contributed by atoms with Crippen molar-refractivity contribution in [1.82, 2.24) is 5.32 Å². The number of hydrogen-bond donors (Lipinski definition) is 3. The number of aromatic carboxylic acids is 1. The molecule has 6 heteroatoms. The van der Waals surface area contributed by atoms with Crippen LogP contribution in [-0.2, 0) is 0 Å². The van der Waals surface area contributed by atoms with Gasteiger partial charge in [-0.25, -0.2) is 14.0 Å². The van der Waals surface area contributed by atoms with Gasteiger partial charge in [0.1, 0.15) is 11.4 Å². The molecule has 0 radical (unpaired) electrons. The molecule has 0 spiro atoms. The number of carbonyl (C=O) groups excluding carboxylic acids is 1. The maximum absolute atomic E-state index is 13.4. The molecular weight excluding hydrogens is 263 g/mol. The fraction of sp³-hybridized carbons (Fsp3) is 0.429. The molecular formula is C14H19FN2O3. The van der Waals surface area contributed by atoms with Crippen molar-refractivity contribution in [1.29, 1.82) is 0 Å². The van der Waals surface area contributed by atoms with Gasteiger partial charge in [0, 0.05) is 6.54 Å². The molecule has 0 saturated carbocycles. The summed E-state index contributed by atoms with van der Waals surface area (Å²) >= 11 is 0. The number of carboxylic acids is 1. The number of carbonyl (C=O) groups is 2. The highest BCUT2D eigenvalue weighted by molar-refractivity contribution is 6.00. The fourth-order valence-electron chi connectivity index (χ4n) is 1.77. The standard InChI is InChI=1S/C14H19FN2O3/c1-2-3-4-5-9-16-14(20)17-11-8-6-7-10(15)12(11)13(18)19/h6-8H,2-5,9H2,1H3,(H,18,19)(H2,16,17,20). The van der Waals surface area contributed by atoms with Gasteiger partial charge in [-0.15, -0.1) is 0 Å². The Morgan fingerprint density at radius 2 is 2.00 bits per heavy atom. The van der Waals surface area contributed by atoms with E-state index < -0.39 is 23.4 Å². The number of halogens is 1. The van der Waals surface area contributed by atoms with Crippen molar-refractivity contribution in [3.05, 3.63) is 29.6 Å². The summed E-state index contributed by atoms with van der Waals surface area (Å²) in [5, 5.41) is 13.9. The third-order valence-corrected chi connectivity index (χ3v) is 2.79. The molecule has 1 rings (SSSR count). The highest BCUT2D eigenvalue weighted by atomic mass is 19.1. The van der Waals surface area contributed by atoms with Gasteiger partial charge in [-0.05, 0) is 18.6 Å². The molecule has 0 aliphatic rings. The van der Waals surface area contributed by atoms with E-state index in [2.05, 4.69) is 17.6 Å². The Hall–Kier alpha value is -2.11. The molecule has 0 aliphatic carbocycles. The van der Waals surface area contributed by atoms with Crippen LogP contribution in [0.5, 0.6) is 0 Å². The largest absolute Gasteiger partial charge is 0.478 e. The van der Waals surface area contributed by atoms with Gasteiger partial charge in [0.15, 0.2) is 0 Å². The third kappa shape index (κ3) is 4.87. The molecule has 110 valence electrons. The summed E-state index contributed by atoms with van der Waals surface area (Å²) in [5.74, 6) is -2.29. The predicted octanol–water partition coefficient (Wildman–Crippen LogP) is 3.23. The number of benzene rings is 1. The van der Waals surface area contributed by atoms with Crippen LogP contribution >= 0.6 is 0 Å². The van der Waals surface area contributed by atoms with E-state index in [9.17, 15) is 14.0 Å². The van der Waals surface area contributed by atoms with Crippen LogP contribution in [0.4, 0.5) is 14.9 Å². The van der Waals surface area contributed by atoms with Crippen LogP contribution in [0.2, 0.25) is 0 Å². The number of rotatable bonds is 7. The lowest BCUT2D eigenvalue weighted by Gasteiger charge is -2.10. The van der Waals surface area contributed by atoms with Gasteiger partial charge in [0.2, 0.25) is 0 Å². The Morgan fingerprint density at radius 1 is 1.25 bits per heavy atom. The van der Waals surface area contributed by atoms with Crippen molar-refractivity contribution >= 4 is 17.7 Å². The number of unbranched alkanes of at least 4 members (excludes halogenated alkanes) is 3. The zero-order valence-electron chi connectivity index (χ0n) is 11.4. The highest BCUT2D eigenvalue weighted by Crippen LogP contribution is 2.18. The number of hydrogen-bond acceptors (Lipinski definition) is 2. The lowest BCUT2D eigenvalue weighted by atomic mass is 10.1. The van der Waals surface area contributed by atoms with Gasteiger partial charge >= 0.3 is 12.0 Å². The van der Waals surface area contributed by atoms with Gasteiger partial charge in [-0.2, -0.15) is 0 Å². The SMILES string of the molecule is CCCCCCNC(=O)Nc1cccc(F)c1C(=O)O. The van der Waals surface area contributed by atoms with Crippen LogP contribution in [-0.4, -0.2) is 23.7 Å². The van der Waals surface area contributed by atoms with E-state index >= 15 is 0 Å². The zero-order valence-corrected chi connectivity index (χ0v) is 11.4. The van der Waals surface area contributed by atoms with Crippen molar-refractivity contribution in [3.8, 4) is 0 Å². The first kappa shape index (κ1) is 15.9. The van der Waals surface area contributed by atoms with Crippen LogP contribution in [0, 0.1) is 5.82 Å². The molecule has 0 bridgehead atoms. The molecule has 3 N–H and O–H groups in total. The van der Waals surface area contributed by atoms with Crippen LogP contribution in [0.3, 0.4) is 0 Å². The normalized spacial score (nSPS) is 10.1. The smallest absolute Gasteiger partial charge is 0.340 e. The first-order chi connectivity index (χ1) is 9.56. The molecule has 1 aromatic carbocycles. The molecule has 0 unspecified atom stereocenters. The topological polar surface area (TPSA) is 78.4 Å². The number of amides is 2. The van der Waals surface area contributed by atoms with E-state index in [0.29, 0.717) is 6.54 Å². The number of anilines is 1. The second-order valence-electron chi connectivity index (χ2n) is 4.41. The number of urea groups is 1. The maximum Gasteiger partial charge on any atom is 0.340 e. The molecule has 0 atom stereocenters. The Balaban J connectivity index is 2.54. The van der Waals surface area contributed by atoms with Crippen molar-refractivity contribution in [3.63, 3.8) is 0 Å². The van der Waals surface area contributed by atoms with E-state index in [1.165, 1.54) is 12.1 Å². The summed E-state index contributed by atoms with van der Waals surface area (Å²) in [7, 11) is 0. The minimum atomic E-state index is -1.42. The second-order valence-corrected chi connectivity index (χ2v) is 4.41. The summed E-state index contributed by atoms with van der Waals surface area (Å²) in [4.78, 5) is 22.5. The summed E-state index contributed by atoms with van der Waals surface area (Å²) in [6.45, 7) is 2.60. The maximum atomic E-state index is 13.4.